The highest BCUT2D eigenvalue weighted by Gasteiger charge is 2.32. The molecule has 0 saturated carbocycles. The normalized spacial score (nSPS) is 19.8. The first kappa shape index (κ1) is 20.7. The van der Waals surface area contributed by atoms with Crippen LogP contribution in [-0.2, 0) is 4.79 Å². The molecule has 3 rings (SSSR count). The second-order valence-electron chi connectivity index (χ2n) is 6.86. The van der Waals surface area contributed by atoms with Crippen molar-refractivity contribution in [3.05, 3.63) is 64.2 Å². The van der Waals surface area contributed by atoms with Crippen LogP contribution in [0.2, 0.25) is 5.02 Å². The third-order valence-electron chi connectivity index (χ3n) is 4.73. The van der Waals surface area contributed by atoms with Gasteiger partial charge in [0.2, 0.25) is 5.91 Å². The van der Waals surface area contributed by atoms with Crippen LogP contribution in [0.15, 0.2) is 42.5 Å². The van der Waals surface area contributed by atoms with Gasteiger partial charge in [0.25, 0.3) is 0 Å². The monoisotopic (exact) mass is 393 g/mol. The molecule has 0 aromatic heterocycles. The average Bonchev–Trinajstić information content (AvgIpc) is 2.92. The maximum atomic E-state index is 12.5. The largest absolute Gasteiger partial charge is 0.326 e. The Morgan fingerprint density at radius 3 is 2.58 bits per heavy atom. The van der Waals surface area contributed by atoms with Gasteiger partial charge in [0.05, 0.1) is 17.3 Å². The smallest absolute Gasteiger partial charge is 0.238 e. The van der Waals surface area contributed by atoms with E-state index >= 15 is 0 Å². The summed E-state index contributed by atoms with van der Waals surface area (Å²) < 4.78 is 0. The van der Waals surface area contributed by atoms with Crippen LogP contribution in [-0.4, -0.2) is 36.5 Å². The summed E-state index contributed by atoms with van der Waals surface area (Å²) in [6.45, 7) is 5.76. The van der Waals surface area contributed by atoms with Crippen LogP contribution in [0.1, 0.15) is 22.6 Å². The number of nitrogens with one attached hydrogen (secondary N) is 1. The summed E-state index contributed by atoms with van der Waals surface area (Å²) in [5.41, 5.74) is 10.3. The quantitative estimate of drug-likeness (QED) is 0.831. The molecule has 2 atom stereocenters. The van der Waals surface area contributed by atoms with Crippen LogP contribution < -0.4 is 11.1 Å². The van der Waals surface area contributed by atoms with E-state index in [0.29, 0.717) is 23.8 Å². The number of amides is 1. The number of carbonyl (C=O) groups is 1. The fourth-order valence-electron chi connectivity index (χ4n) is 3.55. The minimum Gasteiger partial charge on any atom is -0.326 e. The molecule has 1 saturated heterocycles. The lowest BCUT2D eigenvalue weighted by atomic mass is 9.95. The Bertz CT molecular complexity index is 744. The number of benzene rings is 2. The number of aryl methyl sites for hydroxylation is 2. The molecule has 140 valence electrons. The molecule has 6 heteroatoms. The highest BCUT2D eigenvalue weighted by molar-refractivity contribution is 6.34. The predicted molar refractivity (Wildman–Crippen MR) is 110 cm³/mol. The predicted octanol–water partition coefficient (Wildman–Crippen LogP) is 3.74. The van der Waals surface area contributed by atoms with Gasteiger partial charge >= 0.3 is 0 Å². The Kier molecular flexibility index (Phi) is 7.07. The summed E-state index contributed by atoms with van der Waals surface area (Å²) in [6, 6.07) is 14.2. The van der Waals surface area contributed by atoms with Gasteiger partial charge in [-0.05, 0) is 36.6 Å². The number of hydrogen-bond donors (Lipinski definition) is 2. The first-order chi connectivity index (χ1) is 11.9. The van der Waals surface area contributed by atoms with E-state index < -0.39 is 0 Å². The molecule has 4 nitrogen and oxygen atoms in total. The van der Waals surface area contributed by atoms with Gasteiger partial charge in [0.15, 0.2) is 0 Å². The van der Waals surface area contributed by atoms with Crippen molar-refractivity contribution >= 4 is 35.6 Å². The number of nitrogens with two attached hydrogens (primary N) is 1. The Balaban J connectivity index is 0.00000243. The summed E-state index contributed by atoms with van der Waals surface area (Å²) in [4.78, 5) is 14.6. The van der Waals surface area contributed by atoms with Crippen LogP contribution in [0.5, 0.6) is 0 Å². The van der Waals surface area contributed by atoms with E-state index in [9.17, 15) is 4.79 Å². The number of halogens is 2. The molecule has 0 aliphatic carbocycles. The minimum absolute atomic E-state index is 0. The lowest BCUT2D eigenvalue weighted by molar-refractivity contribution is -0.117. The molecule has 26 heavy (non-hydrogen) atoms. The van der Waals surface area contributed by atoms with Gasteiger partial charge in [-0.3, -0.25) is 9.69 Å². The van der Waals surface area contributed by atoms with E-state index in [4.69, 9.17) is 17.3 Å². The van der Waals surface area contributed by atoms with Gasteiger partial charge in [-0.25, -0.2) is 0 Å². The molecule has 0 bridgehead atoms. The number of likely N-dealkylation sites (tertiary alicyclic amines) is 1. The number of nitrogens with zero attached hydrogens (tertiary/aromatic N) is 1. The number of carbonyl (C=O) groups excluding carboxylic acids is 1. The lowest BCUT2D eigenvalue weighted by Crippen LogP contribution is -2.34. The van der Waals surface area contributed by atoms with E-state index in [1.165, 1.54) is 5.56 Å². The van der Waals surface area contributed by atoms with Crippen LogP contribution in [0.3, 0.4) is 0 Å². The summed E-state index contributed by atoms with van der Waals surface area (Å²) in [7, 11) is 0. The van der Waals surface area contributed by atoms with Crippen molar-refractivity contribution in [2.75, 3.05) is 25.0 Å². The Hall–Kier alpha value is -1.59. The highest BCUT2D eigenvalue weighted by Crippen LogP contribution is 2.28. The molecule has 1 aliphatic heterocycles. The molecular weight excluding hydrogens is 369 g/mol. The fourth-order valence-corrected chi connectivity index (χ4v) is 3.92. The molecule has 0 spiro atoms. The molecule has 1 fully saturated rings. The maximum Gasteiger partial charge on any atom is 0.238 e. The summed E-state index contributed by atoms with van der Waals surface area (Å²) in [6.07, 6.45) is 0. The third kappa shape index (κ3) is 4.77. The standard InChI is InChI=1S/C20H24ClN3O.ClH/c1-13-8-14(2)20(17(21)9-13)23-19(25)12-24-10-16(18(22)11-24)15-6-4-3-5-7-15;/h3-9,16,18H,10-12,22H2,1-2H3,(H,23,25);1H/t16-,18+;/m0./s1. The molecule has 1 amide bonds. The summed E-state index contributed by atoms with van der Waals surface area (Å²) in [5, 5.41) is 3.52. The Morgan fingerprint density at radius 2 is 1.92 bits per heavy atom. The van der Waals surface area contributed by atoms with Crippen molar-refractivity contribution in [2.24, 2.45) is 5.73 Å². The molecular formula is C20H25Cl2N3O. The molecule has 1 aliphatic rings. The van der Waals surface area contributed by atoms with Gasteiger partial charge < -0.3 is 11.1 Å². The second kappa shape index (κ2) is 8.87. The maximum absolute atomic E-state index is 12.5. The van der Waals surface area contributed by atoms with E-state index in [1.807, 2.05) is 44.2 Å². The molecule has 0 unspecified atom stereocenters. The average molecular weight is 394 g/mol. The Morgan fingerprint density at radius 1 is 1.23 bits per heavy atom. The van der Waals surface area contributed by atoms with E-state index in [1.54, 1.807) is 0 Å². The Labute approximate surface area is 166 Å². The van der Waals surface area contributed by atoms with Crippen molar-refractivity contribution in [1.29, 1.82) is 0 Å². The number of anilines is 1. The fraction of sp³-hybridized carbons (Fsp3) is 0.350. The summed E-state index contributed by atoms with van der Waals surface area (Å²) >= 11 is 6.27. The highest BCUT2D eigenvalue weighted by atomic mass is 35.5. The van der Waals surface area contributed by atoms with Crippen LogP contribution in [0, 0.1) is 13.8 Å². The molecule has 1 heterocycles. The molecule has 2 aromatic rings. The third-order valence-corrected chi connectivity index (χ3v) is 5.03. The second-order valence-corrected chi connectivity index (χ2v) is 7.27. The topological polar surface area (TPSA) is 58.4 Å². The lowest BCUT2D eigenvalue weighted by Gasteiger charge is -2.17. The molecule has 3 N–H and O–H groups in total. The molecule has 2 aromatic carbocycles. The van der Waals surface area contributed by atoms with E-state index in [0.717, 1.165) is 17.7 Å². The van der Waals surface area contributed by atoms with Crippen LogP contribution >= 0.6 is 24.0 Å². The van der Waals surface area contributed by atoms with E-state index in [-0.39, 0.29) is 30.3 Å². The zero-order chi connectivity index (χ0) is 18.0. The van der Waals surface area contributed by atoms with Crippen molar-refractivity contribution in [3.8, 4) is 0 Å². The SMILES string of the molecule is Cc1cc(C)c(NC(=O)CN2C[C@@H](N)[C@H](c3ccccc3)C2)c(Cl)c1.Cl. The van der Waals surface area contributed by atoms with Gasteiger partial charge in [-0.15, -0.1) is 12.4 Å². The van der Waals surface area contributed by atoms with Gasteiger partial charge in [-0.2, -0.15) is 0 Å². The van der Waals surface area contributed by atoms with E-state index in [2.05, 4.69) is 22.3 Å². The molecule has 0 radical (unpaired) electrons. The zero-order valence-electron chi connectivity index (χ0n) is 15.0. The van der Waals surface area contributed by atoms with Crippen molar-refractivity contribution in [1.82, 2.24) is 4.90 Å². The van der Waals surface area contributed by atoms with Crippen LogP contribution in [0.25, 0.3) is 0 Å². The zero-order valence-corrected chi connectivity index (χ0v) is 16.6. The van der Waals surface area contributed by atoms with Gasteiger partial charge in [0, 0.05) is 25.0 Å². The first-order valence-electron chi connectivity index (χ1n) is 8.53. The number of rotatable bonds is 4. The van der Waals surface area contributed by atoms with Gasteiger partial charge in [-0.1, -0.05) is 48.0 Å². The van der Waals surface area contributed by atoms with Crippen molar-refractivity contribution in [3.63, 3.8) is 0 Å². The first-order valence-corrected chi connectivity index (χ1v) is 8.91. The van der Waals surface area contributed by atoms with Crippen molar-refractivity contribution < 1.29 is 4.79 Å². The van der Waals surface area contributed by atoms with Crippen LogP contribution in [0.4, 0.5) is 5.69 Å². The van der Waals surface area contributed by atoms with Gasteiger partial charge in [0.1, 0.15) is 0 Å². The summed E-state index contributed by atoms with van der Waals surface area (Å²) in [5.74, 6) is 0.202. The van der Waals surface area contributed by atoms with Crippen molar-refractivity contribution in [2.45, 2.75) is 25.8 Å². The minimum atomic E-state index is -0.0604. The number of hydrogen-bond acceptors (Lipinski definition) is 3.